The quantitative estimate of drug-likeness (QED) is 0.622. The summed E-state index contributed by atoms with van der Waals surface area (Å²) in [4.78, 5) is 22.2. The molecule has 0 fully saturated rings. The van der Waals surface area contributed by atoms with Gasteiger partial charge in [0.25, 0.3) is 0 Å². The Labute approximate surface area is 107 Å². The van der Waals surface area contributed by atoms with Gasteiger partial charge in [-0.3, -0.25) is 4.79 Å². The Morgan fingerprint density at radius 1 is 1.18 bits per heavy atom. The van der Waals surface area contributed by atoms with E-state index in [0.29, 0.717) is 6.42 Å². The molecule has 0 aromatic heterocycles. The molecule has 17 heavy (non-hydrogen) atoms. The molecular formula is C11H22N2O3S. The van der Waals surface area contributed by atoms with Crippen LogP contribution >= 0.6 is 11.8 Å². The molecule has 6 heteroatoms. The van der Waals surface area contributed by atoms with Crippen LogP contribution in [0, 0.1) is 0 Å². The zero-order chi connectivity index (χ0) is 13.3. The summed E-state index contributed by atoms with van der Waals surface area (Å²) in [5.74, 6) is -0.0343. The zero-order valence-electron chi connectivity index (χ0n) is 10.7. The van der Waals surface area contributed by atoms with E-state index in [1.165, 1.54) is 0 Å². The number of aliphatic carboxylic acids is 1. The lowest BCUT2D eigenvalue weighted by molar-refractivity contribution is -0.137. The average Bonchev–Trinajstić information content (AvgIpc) is 2.26. The minimum Gasteiger partial charge on any atom is -0.481 e. The van der Waals surface area contributed by atoms with Crippen molar-refractivity contribution in [3.05, 3.63) is 0 Å². The number of nitrogens with one attached hydrogen (secondary N) is 2. The van der Waals surface area contributed by atoms with Gasteiger partial charge in [0.15, 0.2) is 0 Å². The number of hydrogen-bond acceptors (Lipinski definition) is 3. The van der Waals surface area contributed by atoms with E-state index in [4.69, 9.17) is 5.11 Å². The fourth-order valence-corrected chi connectivity index (χ4v) is 2.10. The first-order valence-corrected chi connectivity index (χ1v) is 7.20. The summed E-state index contributed by atoms with van der Waals surface area (Å²) in [6, 6.07) is -0.453. The molecule has 5 nitrogen and oxygen atoms in total. The van der Waals surface area contributed by atoms with Crippen LogP contribution in [0.2, 0.25) is 0 Å². The topological polar surface area (TPSA) is 78.4 Å². The number of rotatable bonds is 8. The van der Waals surface area contributed by atoms with Crippen LogP contribution in [-0.4, -0.2) is 41.2 Å². The second kappa shape index (κ2) is 9.15. The Morgan fingerprint density at radius 3 is 2.12 bits per heavy atom. The normalized spacial score (nSPS) is 13.8. The molecule has 0 aliphatic heterocycles. The fourth-order valence-electron chi connectivity index (χ4n) is 1.38. The van der Waals surface area contributed by atoms with Gasteiger partial charge in [0.05, 0.1) is 6.42 Å². The Kier molecular flexibility index (Phi) is 8.66. The second-order valence-corrected chi connectivity index (χ2v) is 4.79. The number of amides is 2. The van der Waals surface area contributed by atoms with Gasteiger partial charge in [0.1, 0.15) is 0 Å². The lowest BCUT2D eigenvalue weighted by Crippen LogP contribution is -2.47. The monoisotopic (exact) mass is 262 g/mol. The van der Waals surface area contributed by atoms with Gasteiger partial charge in [-0.25, -0.2) is 4.79 Å². The van der Waals surface area contributed by atoms with Crippen molar-refractivity contribution in [2.75, 3.05) is 12.0 Å². The molecule has 2 unspecified atom stereocenters. The van der Waals surface area contributed by atoms with E-state index >= 15 is 0 Å². The van der Waals surface area contributed by atoms with Crippen molar-refractivity contribution in [1.29, 1.82) is 0 Å². The minimum absolute atomic E-state index is 0.0385. The molecule has 100 valence electrons. The Bertz CT molecular complexity index is 249. The fraction of sp³-hybridized carbons (Fsp3) is 0.818. The van der Waals surface area contributed by atoms with Crippen molar-refractivity contribution in [2.45, 2.75) is 45.2 Å². The molecule has 0 aromatic carbocycles. The molecule has 0 heterocycles. The van der Waals surface area contributed by atoms with Crippen LogP contribution in [0.1, 0.15) is 33.1 Å². The van der Waals surface area contributed by atoms with E-state index in [0.717, 1.165) is 12.2 Å². The minimum atomic E-state index is -0.895. The van der Waals surface area contributed by atoms with Crippen molar-refractivity contribution >= 4 is 23.8 Å². The maximum absolute atomic E-state index is 11.6. The van der Waals surface area contributed by atoms with E-state index in [2.05, 4.69) is 10.6 Å². The largest absolute Gasteiger partial charge is 0.481 e. The molecule has 2 atom stereocenters. The van der Waals surface area contributed by atoms with Crippen LogP contribution in [0.25, 0.3) is 0 Å². The Morgan fingerprint density at radius 2 is 1.71 bits per heavy atom. The lowest BCUT2D eigenvalue weighted by Gasteiger charge is -2.20. The highest BCUT2D eigenvalue weighted by atomic mass is 32.2. The van der Waals surface area contributed by atoms with Gasteiger partial charge in [0, 0.05) is 17.8 Å². The summed E-state index contributed by atoms with van der Waals surface area (Å²) in [5.41, 5.74) is 0. The van der Waals surface area contributed by atoms with E-state index in [9.17, 15) is 9.59 Å². The summed E-state index contributed by atoms with van der Waals surface area (Å²) in [6.45, 7) is 3.86. The third-order valence-corrected chi connectivity index (χ3v) is 3.18. The molecule has 2 amide bonds. The van der Waals surface area contributed by atoms with Gasteiger partial charge in [-0.1, -0.05) is 13.8 Å². The Hall–Kier alpha value is -0.910. The zero-order valence-corrected chi connectivity index (χ0v) is 11.5. The molecule has 0 rings (SSSR count). The standard InChI is InChI=1S/C11H22N2O3S/c1-4-8(6-10(14)15)12-11(16)13-9(5-2)7-17-3/h8-9H,4-7H2,1-3H3,(H,14,15)(H2,12,13,16). The van der Waals surface area contributed by atoms with Gasteiger partial charge in [-0.05, 0) is 19.1 Å². The highest BCUT2D eigenvalue weighted by molar-refractivity contribution is 7.98. The lowest BCUT2D eigenvalue weighted by atomic mass is 10.1. The molecule has 0 spiro atoms. The molecule has 0 saturated carbocycles. The number of carbonyl (C=O) groups is 2. The van der Waals surface area contributed by atoms with Crippen LogP contribution in [0.15, 0.2) is 0 Å². The molecule has 0 saturated heterocycles. The van der Waals surface area contributed by atoms with Gasteiger partial charge >= 0.3 is 12.0 Å². The van der Waals surface area contributed by atoms with Crippen LogP contribution in [0.3, 0.4) is 0 Å². The molecule has 0 aliphatic carbocycles. The average molecular weight is 262 g/mol. The van der Waals surface area contributed by atoms with Crippen LogP contribution in [0.5, 0.6) is 0 Å². The van der Waals surface area contributed by atoms with E-state index < -0.39 is 5.97 Å². The first-order chi connectivity index (χ1) is 8.03. The highest BCUT2D eigenvalue weighted by Crippen LogP contribution is 2.02. The first kappa shape index (κ1) is 16.1. The van der Waals surface area contributed by atoms with Crippen molar-refractivity contribution < 1.29 is 14.7 Å². The van der Waals surface area contributed by atoms with E-state index in [1.807, 2.05) is 20.1 Å². The Balaban J connectivity index is 4.08. The van der Waals surface area contributed by atoms with Crippen molar-refractivity contribution in [3.63, 3.8) is 0 Å². The van der Waals surface area contributed by atoms with E-state index in [1.54, 1.807) is 11.8 Å². The molecule has 0 radical (unpaired) electrons. The predicted molar refractivity (Wildman–Crippen MR) is 70.5 cm³/mol. The SMILES string of the molecule is CCC(CSC)NC(=O)NC(CC)CC(=O)O. The van der Waals surface area contributed by atoms with Crippen molar-refractivity contribution in [3.8, 4) is 0 Å². The maximum atomic E-state index is 11.6. The van der Waals surface area contributed by atoms with Crippen molar-refractivity contribution in [1.82, 2.24) is 10.6 Å². The third kappa shape index (κ3) is 7.90. The second-order valence-electron chi connectivity index (χ2n) is 3.88. The summed E-state index contributed by atoms with van der Waals surface area (Å²) < 4.78 is 0. The van der Waals surface area contributed by atoms with Gasteiger partial charge in [0.2, 0.25) is 0 Å². The summed E-state index contributed by atoms with van der Waals surface area (Å²) in [5, 5.41) is 14.2. The van der Waals surface area contributed by atoms with Gasteiger partial charge in [-0.15, -0.1) is 0 Å². The molecule has 0 aliphatic rings. The number of thioether (sulfide) groups is 1. The smallest absolute Gasteiger partial charge is 0.315 e. The third-order valence-electron chi connectivity index (χ3n) is 2.44. The summed E-state index contributed by atoms with van der Waals surface area (Å²) >= 11 is 1.67. The number of carbonyl (C=O) groups excluding carboxylic acids is 1. The molecule has 0 bridgehead atoms. The van der Waals surface area contributed by atoms with Gasteiger partial charge in [-0.2, -0.15) is 11.8 Å². The van der Waals surface area contributed by atoms with Crippen LogP contribution in [-0.2, 0) is 4.79 Å². The van der Waals surface area contributed by atoms with Crippen LogP contribution in [0.4, 0.5) is 4.79 Å². The number of carboxylic acid groups (broad SMARTS) is 1. The van der Waals surface area contributed by atoms with Gasteiger partial charge < -0.3 is 15.7 Å². The first-order valence-electron chi connectivity index (χ1n) is 5.81. The van der Waals surface area contributed by atoms with Crippen molar-refractivity contribution in [2.24, 2.45) is 0 Å². The maximum Gasteiger partial charge on any atom is 0.315 e. The molecular weight excluding hydrogens is 240 g/mol. The molecule has 3 N–H and O–H groups in total. The van der Waals surface area contributed by atoms with Crippen LogP contribution < -0.4 is 10.6 Å². The van der Waals surface area contributed by atoms with E-state index in [-0.39, 0.29) is 24.5 Å². The number of urea groups is 1. The summed E-state index contributed by atoms with van der Waals surface area (Å²) in [6.07, 6.45) is 3.42. The number of hydrogen-bond donors (Lipinski definition) is 3. The number of carboxylic acids is 1. The molecule has 0 aromatic rings. The summed E-state index contributed by atoms with van der Waals surface area (Å²) in [7, 11) is 0. The predicted octanol–water partition coefficient (Wildman–Crippen LogP) is 1.68. The highest BCUT2D eigenvalue weighted by Gasteiger charge is 2.15.